The fraction of sp³-hybridized carbons (Fsp3) is 0.519. The van der Waals surface area contributed by atoms with Gasteiger partial charge >= 0.3 is 5.97 Å². The number of aryl methyl sites for hydroxylation is 1. The maximum absolute atomic E-state index is 12.3. The van der Waals surface area contributed by atoms with E-state index in [0.717, 1.165) is 18.4 Å². The molecule has 0 saturated carbocycles. The number of carbonyl (C=O) groups excluding carboxylic acids is 1. The van der Waals surface area contributed by atoms with Crippen molar-refractivity contribution in [2.75, 3.05) is 13.2 Å². The second-order valence-corrected chi connectivity index (χ2v) is 8.08. The lowest BCUT2D eigenvalue weighted by molar-refractivity contribution is 0.00226. The fourth-order valence-electron chi connectivity index (χ4n) is 3.45. The summed E-state index contributed by atoms with van der Waals surface area (Å²) in [5, 5.41) is 0. The van der Waals surface area contributed by atoms with E-state index in [1.807, 2.05) is 31.2 Å². The molecule has 3 heteroatoms. The van der Waals surface area contributed by atoms with Crippen LogP contribution in [0.25, 0.3) is 11.1 Å². The topological polar surface area (TPSA) is 35.5 Å². The molecule has 0 heterocycles. The lowest BCUT2D eigenvalue weighted by Crippen LogP contribution is -2.20. The number of esters is 1. The van der Waals surface area contributed by atoms with Crippen molar-refractivity contribution < 1.29 is 14.3 Å². The minimum Gasteiger partial charge on any atom is -0.457 e. The smallest absolute Gasteiger partial charge is 0.338 e. The van der Waals surface area contributed by atoms with E-state index in [0.29, 0.717) is 18.8 Å². The van der Waals surface area contributed by atoms with E-state index >= 15 is 0 Å². The highest BCUT2D eigenvalue weighted by Gasteiger charge is 2.12. The number of benzene rings is 2. The van der Waals surface area contributed by atoms with Gasteiger partial charge < -0.3 is 9.47 Å². The van der Waals surface area contributed by atoms with E-state index in [-0.39, 0.29) is 12.1 Å². The maximum atomic E-state index is 12.3. The van der Waals surface area contributed by atoms with Gasteiger partial charge in [0.05, 0.1) is 12.2 Å². The van der Waals surface area contributed by atoms with Crippen molar-refractivity contribution in [2.24, 2.45) is 0 Å². The van der Waals surface area contributed by atoms with Crippen LogP contribution >= 0.6 is 0 Å². The van der Waals surface area contributed by atoms with Crippen molar-refractivity contribution in [1.29, 1.82) is 0 Å². The van der Waals surface area contributed by atoms with Crippen LogP contribution in [0.2, 0.25) is 0 Å². The van der Waals surface area contributed by atoms with Gasteiger partial charge in [-0.05, 0) is 55.0 Å². The summed E-state index contributed by atoms with van der Waals surface area (Å²) in [6.45, 7) is 7.29. The minimum absolute atomic E-state index is 0.247. The number of hydrogen-bond acceptors (Lipinski definition) is 3. The Labute approximate surface area is 182 Å². The Morgan fingerprint density at radius 2 is 1.40 bits per heavy atom. The number of unbranched alkanes of at least 4 members (excludes halogenated alkanes) is 5. The van der Waals surface area contributed by atoms with Crippen LogP contribution < -0.4 is 0 Å². The van der Waals surface area contributed by atoms with Crippen LogP contribution in [0.4, 0.5) is 0 Å². The zero-order valence-electron chi connectivity index (χ0n) is 19.0. The van der Waals surface area contributed by atoms with E-state index in [9.17, 15) is 4.79 Å². The van der Waals surface area contributed by atoms with Crippen LogP contribution in [0.1, 0.15) is 81.6 Å². The van der Waals surface area contributed by atoms with Gasteiger partial charge in [-0.15, -0.1) is 0 Å². The molecule has 0 spiro atoms. The predicted octanol–water partition coefficient (Wildman–Crippen LogP) is 7.23. The van der Waals surface area contributed by atoms with Crippen LogP contribution in [-0.2, 0) is 15.9 Å². The van der Waals surface area contributed by atoms with Gasteiger partial charge in [-0.3, -0.25) is 0 Å². The molecule has 0 aliphatic heterocycles. The van der Waals surface area contributed by atoms with Crippen LogP contribution in [0.3, 0.4) is 0 Å². The molecular weight excluding hydrogens is 372 g/mol. The quantitative estimate of drug-likeness (QED) is 0.243. The number of ether oxygens (including phenoxy) is 2. The SMILES string of the molecule is CCCCCCCCc1ccc(-c2ccc(C(=O)OC(C)COCCC)cc2)cc1. The third kappa shape index (κ3) is 8.71. The molecule has 0 aliphatic rings. The summed E-state index contributed by atoms with van der Waals surface area (Å²) in [5.41, 5.74) is 4.24. The van der Waals surface area contributed by atoms with Gasteiger partial charge in [-0.2, -0.15) is 0 Å². The van der Waals surface area contributed by atoms with Crippen LogP contribution in [0, 0.1) is 0 Å². The molecule has 2 aromatic rings. The monoisotopic (exact) mass is 410 g/mol. The summed E-state index contributed by atoms with van der Waals surface area (Å²) in [6.07, 6.45) is 9.83. The molecule has 0 bridgehead atoms. The number of carbonyl (C=O) groups is 1. The summed E-state index contributed by atoms with van der Waals surface area (Å²) in [7, 11) is 0. The summed E-state index contributed by atoms with van der Waals surface area (Å²) in [5.74, 6) is -0.302. The van der Waals surface area contributed by atoms with Gasteiger partial charge in [0, 0.05) is 6.61 Å². The Morgan fingerprint density at radius 1 is 0.800 bits per heavy atom. The summed E-state index contributed by atoms with van der Waals surface area (Å²) < 4.78 is 10.9. The Morgan fingerprint density at radius 3 is 2.03 bits per heavy atom. The lowest BCUT2D eigenvalue weighted by atomic mass is 10.00. The Kier molecular flexibility index (Phi) is 11.2. The normalized spacial score (nSPS) is 12.0. The van der Waals surface area contributed by atoms with E-state index in [4.69, 9.17) is 9.47 Å². The first-order valence-corrected chi connectivity index (χ1v) is 11.6. The molecule has 0 amide bonds. The molecule has 0 saturated heterocycles. The third-order valence-corrected chi connectivity index (χ3v) is 5.24. The summed E-state index contributed by atoms with van der Waals surface area (Å²) in [4.78, 5) is 12.3. The summed E-state index contributed by atoms with van der Waals surface area (Å²) >= 11 is 0. The highest BCUT2D eigenvalue weighted by Crippen LogP contribution is 2.22. The van der Waals surface area contributed by atoms with Crippen molar-refractivity contribution in [3.63, 3.8) is 0 Å². The average molecular weight is 411 g/mol. The van der Waals surface area contributed by atoms with Crippen LogP contribution in [0.15, 0.2) is 48.5 Å². The molecule has 0 radical (unpaired) electrons. The van der Waals surface area contributed by atoms with E-state index in [2.05, 4.69) is 38.1 Å². The molecule has 30 heavy (non-hydrogen) atoms. The van der Waals surface area contributed by atoms with Crippen molar-refractivity contribution in [1.82, 2.24) is 0 Å². The molecule has 2 aromatic carbocycles. The van der Waals surface area contributed by atoms with E-state index in [1.54, 1.807) is 0 Å². The van der Waals surface area contributed by atoms with Crippen molar-refractivity contribution >= 4 is 5.97 Å². The first kappa shape index (κ1) is 24.1. The first-order valence-electron chi connectivity index (χ1n) is 11.6. The van der Waals surface area contributed by atoms with E-state index in [1.165, 1.54) is 49.7 Å². The van der Waals surface area contributed by atoms with Crippen LogP contribution in [0.5, 0.6) is 0 Å². The largest absolute Gasteiger partial charge is 0.457 e. The van der Waals surface area contributed by atoms with Crippen molar-refractivity contribution in [2.45, 2.75) is 78.2 Å². The molecule has 2 rings (SSSR count). The highest BCUT2D eigenvalue weighted by molar-refractivity contribution is 5.90. The zero-order chi connectivity index (χ0) is 21.6. The number of rotatable bonds is 14. The minimum atomic E-state index is -0.302. The second-order valence-electron chi connectivity index (χ2n) is 8.08. The van der Waals surface area contributed by atoms with Gasteiger partial charge in [0.1, 0.15) is 6.10 Å². The Balaban J connectivity index is 1.81. The fourth-order valence-corrected chi connectivity index (χ4v) is 3.45. The third-order valence-electron chi connectivity index (χ3n) is 5.24. The van der Waals surface area contributed by atoms with Crippen molar-refractivity contribution in [3.8, 4) is 11.1 Å². The molecule has 164 valence electrons. The van der Waals surface area contributed by atoms with Gasteiger partial charge in [-0.1, -0.05) is 82.3 Å². The molecule has 0 N–H and O–H groups in total. The molecule has 1 unspecified atom stereocenters. The predicted molar refractivity (Wildman–Crippen MR) is 125 cm³/mol. The number of hydrogen-bond donors (Lipinski definition) is 0. The van der Waals surface area contributed by atoms with Gasteiger partial charge in [0.15, 0.2) is 0 Å². The average Bonchev–Trinajstić information content (AvgIpc) is 2.77. The van der Waals surface area contributed by atoms with Crippen LogP contribution in [-0.4, -0.2) is 25.3 Å². The maximum Gasteiger partial charge on any atom is 0.338 e. The van der Waals surface area contributed by atoms with Gasteiger partial charge in [-0.25, -0.2) is 4.79 Å². The van der Waals surface area contributed by atoms with E-state index < -0.39 is 0 Å². The Bertz CT molecular complexity index is 719. The zero-order valence-corrected chi connectivity index (χ0v) is 19.0. The molecule has 3 nitrogen and oxygen atoms in total. The molecular formula is C27H38O3. The first-order chi connectivity index (χ1) is 14.6. The second kappa shape index (κ2) is 14.0. The Hall–Kier alpha value is -2.13. The van der Waals surface area contributed by atoms with Crippen molar-refractivity contribution in [3.05, 3.63) is 59.7 Å². The molecule has 0 fully saturated rings. The molecule has 0 aromatic heterocycles. The van der Waals surface area contributed by atoms with Gasteiger partial charge in [0.25, 0.3) is 0 Å². The van der Waals surface area contributed by atoms with Gasteiger partial charge in [0.2, 0.25) is 0 Å². The molecule has 1 atom stereocenters. The summed E-state index contributed by atoms with van der Waals surface area (Å²) in [6, 6.07) is 16.4. The highest BCUT2D eigenvalue weighted by atomic mass is 16.6. The standard InChI is InChI=1S/C27H38O3/c1-4-6-7-8-9-10-11-23-12-14-24(15-13-23)25-16-18-26(19-17-25)27(28)30-22(3)21-29-20-5-2/h12-19,22H,4-11,20-21H2,1-3H3. The lowest BCUT2D eigenvalue weighted by Gasteiger charge is -2.13. The molecule has 0 aliphatic carbocycles.